The molecular formula is C28H33N3O7. The van der Waals surface area contributed by atoms with Gasteiger partial charge in [-0.3, -0.25) is 9.80 Å². The van der Waals surface area contributed by atoms with E-state index in [0.29, 0.717) is 41.4 Å². The Morgan fingerprint density at radius 1 is 1.16 bits per heavy atom. The third kappa shape index (κ3) is 3.26. The van der Waals surface area contributed by atoms with Crippen LogP contribution >= 0.6 is 0 Å². The second kappa shape index (κ2) is 9.20. The first-order valence-corrected chi connectivity index (χ1v) is 12.8. The quantitative estimate of drug-likeness (QED) is 0.545. The van der Waals surface area contributed by atoms with E-state index in [2.05, 4.69) is 21.9 Å². The summed E-state index contributed by atoms with van der Waals surface area (Å²) in [4.78, 5) is 4.42. The van der Waals surface area contributed by atoms with Gasteiger partial charge in [0.25, 0.3) is 0 Å². The minimum atomic E-state index is -0.501. The molecule has 4 aliphatic heterocycles. The molecule has 202 valence electrons. The van der Waals surface area contributed by atoms with Gasteiger partial charge in [0.15, 0.2) is 29.8 Å². The average molecular weight is 526 g/mol. The number of likely N-dealkylation sites (N-methyl/N-ethyl adjacent to an activating group) is 1. The van der Waals surface area contributed by atoms with Gasteiger partial charge in [0.2, 0.25) is 8.22 Å². The number of piperazine rings is 1. The van der Waals surface area contributed by atoms with Crippen LogP contribution in [0.2, 0.25) is 0 Å². The van der Waals surface area contributed by atoms with Crippen molar-refractivity contribution in [3.8, 4) is 34.8 Å². The molecule has 4 heterocycles. The molecule has 0 aromatic heterocycles. The lowest BCUT2D eigenvalue weighted by Crippen LogP contribution is -2.68. The number of fused-ring (bicyclic) bond motifs is 9. The first kappa shape index (κ1) is 23.9. The minimum Gasteiger partial charge on any atom is -0.507 e. The highest BCUT2D eigenvalue weighted by Gasteiger charge is 2.56. The van der Waals surface area contributed by atoms with E-state index in [1.165, 1.54) is 0 Å². The number of benzene rings is 2. The zero-order chi connectivity index (χ0) is 27.6. The van der Waals surface area contributed by atoms with Crippen molar-refractivity contribution < 1.29 is 33.9 Å². The van der Waals surface area contributed by atoms with E-state index >= 15 is 0 Å². The second-order valence-electron chi connectivity index (χ2n) is 10.5. The summed E-state index contributed by atoms with van der Waals surface area (Å²) in [6, 6.07) is 3.15. The highest BCUT2D eigenvalue weighted by molar-refractivity contribution is 5.66. The first-order valence-electron chi connectivity index (χ1n) is 13.2. The Hall–Kier alpha value is -3.23. The molecule has 2 bridgehead atoms. The van der Waals surface area contributed by atoms with Crippen molar-refractivity contribution in [2.75, 3.05) is 41.5 Å². The molecule has 4 aliphatic rings. The van der Waals surface area contributed by atoms with Gasteiger partial charge in [-0.2, -0.15) is 5.26 Å². The molecule has 0 unspecified atom stereocenters. The Bertz CT molecular complexity index is 1360. The third-order valence-electron chi connectivity index (χ3n) is 8.75. The normalized spacial score (nSPS) is 27.6. The van der Waals surface area contributed by atoms with Crippen LogP contribution in [0.4, 0.5) is 0 Å². The zero-order valence-electron chi connectivity index (χ0n) is 23.2. The number of aliphatic hydroxyl groups excluding tert-OH is 1. The Kier molecular flexibility index (Phi) is 5.78. The van der Waals surface area contributed by atoms with Crippen molar-refractivity contribution in [1.29, 1.82) is 6.69 Å². The number of rotatable bonds is 6. The fraction of sp³-hybridized carbons (Fsp3) is 0.536. The van der Waals surface area contributed by atoms with Gasteiger partial charge in [0.05, 0.1) is 31.9 Å². The maximum absolute atomic E-state index is 11.4. The summed E-state index contributed by atoms with van der Waals surface area (Å²) in [5.41, 5.74) is 5.13. The van der Waals surface area contributed by atoms with Crippen LogP contribution in [0.1, 0.15) is 45.5 Å². The number of methoxy groups -OCH3 is 2. The number of aromatic hydroxyl groups is 1. The largest absolute Gasteiger partial charge is 0.507 e. The summed E-state index contributed by atoms with van der Waals surface area (Å²) in [5.74, 6) is 2.49. The molecule has 10 nitrogen and oxygen atoms in total. The van der Waals surface area contributed by atoms with Gasteiger partial charge in [-0.05, 0) is 44.9 Å². The number of phenols is 1. The lowest BCUT2D eigenvalue weighted by Gasteiger charge is -2.59. The van der Waals surface area contributed by atoms with Crippen LogP contribution in [0.5, 0.6) is 28.7 Å². The number of aryl methyl sites for hydroxylation is 1. The van der Waals surface area contributed by atoms with Crippen molar-refractivity contribution in [2.24, 2.45) is 0 Å². The summed E-state index contributed by atoms with van der Waals surface area (Å²) < 4.78 is 36.6. The van der Waals surface area contributed by atoms with Crippen LogP contribution < -0.4 is 18.9 Å². The van der Waals surface area contributed by atoms with Gasteiger partial charge >= 0.3 is 0 Å². The van der Waals surface area contributed by atoms with Crippen molar-refractivity contribution in [3.05, 3.63) is 39.4 Å². The molecule has 2 N–H and O–H groups in total. The summed E-state index contributed by atoms with van der Waals surface area (Å²) in [6.07, 6.45) is 1.09. The third-order valence-corrected chi connectivity index (χ3v) is 8.75. The molecule has 6 rings (SSSR count). The molecule has 0 radical (unpaired) electrons. The first-order chi connectivity index (χ1) is 18.9. The van der Waals surface area contributed by atoms with Gasteiger partial charge in [0, 0.05) is 41.4 Å². The van der Waals surface area contributed by atoms with Gasteiger partial charge in [-0.15, -0.1) is 0 Å². The number of hydrogen-bond donors (Lipinski definition) is 2. The van der Waals surface area contributed by atoms with Gasteiger partial charge in [0.1, 0.15) is 11.8 Å². The molecule has 1 fully saturated rings. The van der Waals surface area contributed by atoms with E-state index in [1.54, 1.807) is 14.2 Å². The lowest BCUT2D eigenvalue weighted by molar-refractivity contribution is -0.0832. The van der Waals surface area contributed by atoms with Crippen LogP contribution in [-0.4, -0.2) is 81.0 Å². The summed E-state index contributed by atoms with van der Waals surface area (Å²) in [5, 5.41) is 27.0. The highest BCUT2D eigenvalue weighted by Crippen LogP contribution is 2.58. The topological polar surface area (TPSA) is 117 Å². The molecule has 0 spiro atoms. The lowest BCUT2D eigenvalue weighted by atomic mass is 9.71. The molecule has 5 atom stereocenters. The molecule has 0 saturated carbocycles. The van der Waals surface area contributed by atoms with E-state index in [1.807, 2.05) is 20.9 Å². The number of ether oxygens (including phenoxy) is 5. The predicted molar refractivity (Wildman–Crippen MR) is 136 cm³/mol. The van der Waals surface area contributed by atoms with Crippen LogP contribution in [0.15, 0.2) is 6.07 Å². The molecular weight excluding hydrogens is 490 g/mol. The Morgan fingerprint density at radius 3 is 2.66 bits per heavy atom. The Labute approximate surface area is 223 Å². The SMILES string of the molecule is [3H]OC[C@H]1c2c(c(O)c(C)c3c2OCO3)C[C@H]2[C@H]3c4c(cc(C)c(OC)c4OCOC)C[C@@H]([C@H](C#N)N12)N3C. The predicted octanol–water partition coefficient (Wildman–Crippen LogP) is 2.49. The number of hydrogen-bond acceptors (Lipinski definition) is 10. The summed E-state index contributed by atoms with van der Waals surface area (Å²) >= 11 is 0. The molecule has 0 amide bonds. The number of phenolic OH excluding ortho intramolecular Hbond substituents is 1. The molecule has 2 aromatic rings. The van der Waals surface area contributed by atoms with E-state index in [0.717, 1.165) is 27.8 Å². The van der Waals surface area contributed by atoms with Crippen molar-refractivity contribution in [2.45, 2.75) is 56.9 Å². The minimum absolute atomic E-state index is 0.000241. The molecule has 1 saturated heterocycles. The van der Waals surface area contributed by atoms with Gasteiger partial charge in [-0.25, -0.2) is 0 Å². The molecule has 0 aliphatic carbocycles. The Morgan fingerprint density at radius 2 is 1.95 bits per heavy atom. The fourth-order valence-electron chi connectivity index (χ4n) is 7.24. The van der Waals surface area contributed by atoms with Crippen LogP contribution in [0, 0.1) is 25.2 Å². The van der Waals surface area contributed by atoms with Crippen molar-refractivity contribution in [1.82, 2.24) is 9.80 Å². The monoisotopic (exact) mass is 525 g/mol. The van der Waals surface area contributed by atoms with Crippen LogP contribution in [-0.2, 0) is 17.6 Å². The van der Waals surface area contributed by atoms with Crippen molar-refractivity contribution >= 4 is 0 Å². The van der Waals surface area contributed by atoms with E-state index < -0.39 is 12.1 Å². The highest BCUT2D eigenvalue weighted by atomic mass is 16.7. The van der Waals surface area contributed by atoms with E-state index in [4.69, 9.17) is 30.2 Å². The fourth-order valence-corrected chi connectivity index (χ4v) is 7.24. The molecule has 10 heteroatoms. The standard InChI is InChI=1S/C28H33N3O7/c1-13-6-15-7-17-19(9-29)31-18(23(30(17)3)21(15)27(25(13)35-5)36-11-34-4)8-16-22(20(31)10-32)28-26(37-12-38-28)14(2)24(16)33/h6,17-20,23,32-33H,7-8,10-12H2,1-5H3/t17-,18-,19-,20-,23-/m0/s1/i32T. The summed E-state index contributed by atoms with van der Waals surface area (Å²) in [6.45, 7) is 3.91. The Balaban J connectivity index is 1.60. The molecule has 2 aromatic carbocycles. The van der Waals surface area contributed by atoms with Gasteiger partial charge < -0.3 is 33.9 Å². The van der Waals surface area contributed by atoms with Crippen molar-refractivity contribution in [3.63, 3.8) is 0 Å². The molecule has 38 heavy (non-hydrogen) atoms. The number of aliphatic hydroxyl groups is 1. The van der Waals surface area contributed by atoms with E-state index in [-0.39, 0.29) is 44.1 Å². The smallest absolute Gasteiger partial charge is 0.231 e. The van der Waals surface area contributed by atoms with E-state index in [9.17, 15) is 10.4 Å². The van der Waals surface area contributed by atoms with Gasteiger partial charge in [-0.1, -0.05) is 6.07 Å². The average Bonchev–Trinajstić information content (AvgIpc) is 3.41. The van der Waals surface area contributed by atoms with Crippen LogP contribution in [0.3, 0.4) is 0 Å². The zero-order valence-corrected chi connectivity index (χ0v) is 22.2. The number of nitriles is 1. The summed E-state index contributed by atoms with van der Waals surface area (Å²) in [7, 11) is 5.25. The maximum atomic E-state index is 11.4. The number of nitrogens with zero attached hydrogens (tertiary/aromatic N) is 3. The van der Waals surface area contributed by atoms with Crippen LogP contribution in [0.25, 0.3) is 0 Å². The second-order valence-corrected chi connectivity index (χ2v) is 10.5. The maximum Gasteiger partial charge on any atom is 0.231 e.